The zero-order valence-electron chi connectivity index (χ0n) is 22.1. The third kappa shape index (κ3) is 7.05. The monoisotopic (exact) mass is 560 g/mol. The highest BCUT2D eigenvalue weighted by atomic mass is 19.4. The van der Waals surface area contributed by atoms with Crippen LogP contribution in [0.4, 0.5) is 13.2 Å². The molecule has 0 bridgehead atoms. The minimum atomic E-state index is -4.58. The van der Waals surface area contributed by atoms with Gasteiger partial charge in [-0.1, -0.05) is 44.2 Å². The molecule has 2 heterocycles. The van der Waals surface area contributed by atoms with Crippen LogP contribution in [0, 0.1) is 0 Å². The Morgan fingerprint density at radius 2 is 1.85 bits per heavy atom. The molecule has 9 nitrogen and oxygen atoms in total. The molecule has 1 fully saturated rings. The number of aliphatic hydroxyl groups is 1. The number of hydrogen-bond donors (Lipinski definition) is 2. The highest BCUT2D eigenvalue weighted by molar-refractivity contribution is 5.85. The van der Waals surface area contributed by atoms with E-state index in [0.717, 1.165) is 28.4 Å². The molecular weight excluding hydrogens is 529 g/mol. The molecule has 2 atom stereocenters. The largest absolute Gasteiger partial charge is 0.460 e. The fourth-order valence-electron chi connectivity index (χ4n) is 4.67. The van der Waals surface area contributed by atoms with E-state index in [2.05, 4.69) is 10.4 Å². The van der Waals surface area contributed by atoms with Gasteiger partial charge in [-0.05, 0) is 36.1 Å². The number of aromatic nitrogens is 2. The normalized spacial score (nSPS) is 18.2. The first-order chi connectivity index (χ1) is 18.9. The number of piperidine rings is 1. The molecule has 1 aromatic heterocycles. The van der Waals surface area contributed by atoms with Gasteiger partial charge in [0.15, 0.2) is 0 Å². The zero-order chi connectivity index (χ0) is 29.0. The van der Waals surface area contributed by atoms with E-state index in [-0.39, 0.29) is 42.1 Å². The Bertz CT molecular complexity index is 1430. The maximum Gasteiger partial charge on any atom is 0.416 e. The Labute approximate surface area is 228 Å². The minimum Gasteiger partial charge on any atom is -0.460 e. The summed E-state index contributed by atoms with van der Waals surface area (Å²) in [4.78, 5) is 40.0. The second-order valence-corrected chi connectivity index (χ2v) is 10.2. The fourth-order valence-corrected chi connectivity index (χ4v) is 4.67. The summed E-state index contributed by atoms with van der Waals surface area (Å²) in [5, 5.41) is 17.5. The summed E-state index contributed by atoms with van der Waals surface area (Å²) in [6.07, 6.45) is -5.14. The van der Waals surface area contributed by atoms with Crippen LogP contribution in [0.2, 0.25) is 0 Å². The number of fused-ring (bicyclic) bond motifs is 1. The van der Waals surface area contributed by atoms with Gasteiger partial charge < -0.3 is 15.2 Å². The molecule has 4 rings (SSSR count). The topological polar surface area (TPSA) is 114 Å². The predicted molar refractivity (Wildman–Crippen MR) is 140 cm³/mol. The third-order valence-electron chi connectivity index (χ3n) is 6.76. The van der Waals surface area contributed by atoms with Gasteiger partial charge in [-0.3, -0.25) is 19.3 Å². The number of rotatable bonds is 8. The van der Waals surface area contributed by atoms with Crippen molar-refractivity contribution in [3.8, 4) is 0 Å². The number of likely N-dealkylation sites (tertiary alicyclic amines) is 1. The van der Waals surface area contributed by atoms with Crippen molar-refractivity contribution in [3.63, 3.8) is 0 Å². The Hall–Kier alpha value is -3.77. The van der Waals surface area contributed by atoms with E-state index in [4.69, 9.17) is 4.74 Å². The molecule has 1 aliphatic rings. The first-order valence-corrected chi connectivity index (χ1v) is 12.9. The maximum atomic E-state index is 13.3. The van der Waals surface area contributed by atoms with Crippen LogP contribution < -0.4 is 10.9 Å². The van der Waals surface area contributed by atoms with E-state index < -0.39 is 47.9 Å². The summed E-state index contributed by atoms with van der Waals surface area (Å²) in [7, 11) is 0. The molecular formula is C28H31F3N4O5. The van der Waals surface area contributed by atoms with Gasteiger partial charge in [0.1, 0.15) is 13.2 Å². The molecule has 40 heavy (non-hydrogen) atoms. The van der Waals surface area contributed by atoms with Crippen molar-refractivity contribution < 1.29 is 32.6 Å². The Morgan fingerprint density at radius 1 is 1.12 bits per heavy atom. The van der Waals surface area contributed by atoms with Crippen LogP contribution in [-0.4, -0.2) is 63.4 Å². The minimum absolute atomic E-state index is 0.0186. The average molecular weight is 561 g/mol. The van der Waals surface area contributed by atoms with Crippen LogP contribution in [0.5, 0.6) is 0 Å². The Balaban J connectivity index is 1.42. The Kier molecular flexibility index (Phi) is 8.89. The van der Waals surface area contributed by atoms with E-state index in [1.807, 2.05) is 30.3 Å². The van der Waals surface area contributed by atoms with E-state index >= 15 is 0 Å². The third-order valence-corrected chi connectivity index (χ3v) is 6.76. The number of nitrogens with zero attached hydrogens (tertiary/aromatic N) is 3. The van der Waals surface area contributed by atoms with Crippen molar-refractivity contribution in [1.29, 1.82) is 0 Å². The first-order valence-electron chi connectivity index (χ1n) is 12.9. The number of nitrogens with one attached hydrogen (secondary N) is 1. The standard InChI is InChI=1S/C28H31F3N4O5/c1-17(2)26-21-12-19(28(29,30)31)8-9-20(21)27(39)35(33-26)14-24(37)32-22-13-34(11-10-23(22)36)15-25(38)40-16-18-6-4-3-5-7-18/h3-9,12,17,22-23,36H,10-11,13-16H2,1-2H3,(H,32,37). The first kappa shape index (κ1) is 29.2. The lowest BCUT2D eigenvalue weighted by atomic mass is 10.0. The van der Waals surface area contributed by atoms with E-state index in [0.29, 0.717) is 13.0 Å². The number of hydrogen-bond acceptors (Lipinski definition) is 7. The molecule has 1 amide bonds. The Morgan fingerprint density at radius 3 is 2.52 bits per heavy atom. The van der Waals surface area contributed by atoms with Crippen LogP contribution in [-0.2, 0) is 33.7 Å². The number of halogens is 3. The molecule has 2 aromatic carbocycles. The number of alkyl halides is 3. The van der Waals surface area contributed by atoms with E-state index in [1.165, 1.54) is 0 Å². The summed E-state index contributed by atoms with van der Waals surface area (Å²) in [6.45, 7) is 3.71. The summed E-state index contributed by atoms with van der Waals surface area (Å²) >= 11 is 0. The number of carbonyl (C=O) groups is 2. The van der Waals surface area contributed by atoms with Crippen LogP contribution in [0.3, 0.4) is 0 Å². The molecule has 3 aromatic rings. The van der Waals surface area contributed by atoms with Crippen molar-refractivity contribution in [2.75, 3.05) is 19.6 Å². The van der Waals surface area contributed by atoms with Gasteiger partial charge in [-0.2, -0.15) is 18.3 Å². The average Bonchev–Trinajstić information content (AvgIpc) is 2.90. The SMILES string of the molecule is CC(C)c1nn(CC(=O)NC2CN(CC(=O)OCc3ccccc3)CCC2O)c(=O)c2ccc(C(F)(F)F)cc12. The number of ether oxygens (including phenoxy) is 1. The molecule has 214 valence electrons. The van der Waals surface area contributed by atoms with Gasteiger partial charge in [-0.15, -0.1) is 0 Å². The molecule has 12 heteroatoms. The van der Waals surface area contributed by atoms with Gasteiger partial charge in [0, 0.05) is 18.5 Å². The predicted octanol–water partition coefficient (Wildman–Crippen LogP) is 2.83. The molecule has 1 saturated heterocycles. The van der Waals surface area contributed by atoms with Crippen molar-refractivity contribution >= 4 is 22.6 Å². The smallest absolute Gasteiger partial charge is 0.416 e. The van der Waals surface area contributed by atoms with Crippen molar-refractivity contribution in [2.24, 2.45) is 0 Å². The van der Waals surface area contributed by atoms with Crippen LogP contribution in [0.25, 0.3) is 10.8 Å². The summed E-state index contributed by atoms with van der Waals surface area (Å²) in [6, 6.07) is 11.4. The number of carbonyl (C=O) groups excluding carboxylic acids is 2. The van der Waals surface area contributed by atoms with Gasteiger partial charge in [0.25, 0.3) is 5.56 Å². The quantitative estimate of drug-likeness (QED) is 0.408. The number of benzene rings is 2. The van der Waals surface area contributed by atoms with E-state index in [9.17, 15) is 32.7 Å². The lowest BCUT2D eigenvalue weighted by molar-refractivity contribution is -0.147. The molecule has 0 saturated carbocycles. The van der Waals surface area contributed by atoms with Gasteiger partial charge in [-0.25, -0.2) is 4.68 Å². The van der Waals surface area contributed by atoms with E-state index in [1.54, 1.807) is 18.7 Å². The van der Waals surface area contributed by atoms with Crippen LogP contribution in [0.15, 0.2) is 53.3 Å². The summed E-state index contributed by atoms with van der Waals surface area (Å²) in [5.74, 6) is -1.36. The second kappa shape index (κ2) is 12.2. The molecule has 0 aliphatic carbocycles. The highest BCUT2D eigenvalue weighted by Crippen LogP contribution is 2.32. The summed E-state index contributed by atoms with van der Waals surface area (Å²) in [5.41, 5.74) is -0.478. The fraction of sp³-hybridized carbons (Fsp3) is 0.429. The molecule has 2 N–H and O–H groups in total. The lowest BCUT2D eigenvalue weighted by Gasteiger charge is -2.35. The van der Waals surface area contributed by atoms with Gasteiger partial charge >= 0.3 is 12.1 Å². The number of esters is 1. The van der Waals surface area contributed by atoms with Gasteiger partial charge in [0.05, 0.1) is 35.3 Å². The van der Waals surface area contributed by atoms with Crippen molar-refractivity contribution in [1.82, 2.24) is 20.0 Å². The highest BCUT2D eigenvalue weighted by Gasteiger charge is 2.32. The second-order valence-electron chi connectivity index (χ2n) is 10.2. The maximum absolute atomic E-state index is 13.3. The summed E-state index contributed by atoms with van der Waals surface area (Å²) < 4.78 is 46.0. The zero-order valence-corrected chi connectivity index (χ0v) is 22.1. The molecule has 2 unspecified atom stereocenters. The number of aliphatic hydroxyl groups excluding tert-OH is 1. The molecule has 0 radical (unpaired) electrons. The van der Waals surface area contributed by atoms with Gasteiger partial charge in [0.2, 0.25) is 5.91 Å². The lowest BCUT2D eigenvalue weighted by Crippen LogP contribution is -2.56. The molecule has 1 aliphatic heterocycles. The molecule has 0 spiro atoms. The van der Waals surface area contributed by atoms with Crippen LogP contribution >= 0.6 is 0 Å². The van der Waals surface area contributed by atoms with Crippen molar-refractivity contribution in [2.45, 2.75) is 57.7 Å². The number of amides is 1. The van der Waals surface area contributed by atoms with Crippen molar-refractivity contribution in [3.05, 3.63) is 75.7 Å². The van der Waals surface area contributed by atoms with Crippen LogP contribution in [0.1, 0.15) is 43.0 Å².